The third-order valence-corrected chi connectivity index (χ3v) is 5.42. The quantitative estimate of drug-likeness (QED) is 0.586. The van der Waals surface area contributed by atoms with Gasteiger partial charge in [-0.3, -0.25) is 4.79 Å². The third-order valence-electron chi connectivity index (χ3n) is 4.03. The van der Waals surface area contributed by atoms with E-state index in [1.54, 1.807) is 24.3 Å². The number of rotatable bonds is 8. The zero-order chi connectivity index (χ0) is 20.9. The van der Waals surface area contributed by atoms with E-state index in [4.69, 9.17) is 9.15 Å². The van der Waals surface area contributed by atoms with Gasteiger partial charge in [-0.25, -0.2) is 17.5 Å². The van der Waals surface area contributed by atoms with Crippen LogP contribution in [0, 0.1) is 5.82 Å². The number of amides is 1. The lowest BCUT2D eigenvalue weighted by atomic mass is 10.1. The van der Waals surface area contributed by atoms with E-state index in [2.05, 4.69) is 10.0 Å². The molecule has 1 heterocycles. The minimum Gasteiger partial charge on any atom is -0.494 e. The van der Waals surface area contributed by atoms with E-state index in [0.717, 1.165) is 0 Å². The Hall–Kier alpha value is -3.17. The first kappa shape index (κ1) is 20.6. The summed E-state index contributed by atoms with van der Waals surface area (Å²) >= 11 is 0. The lowest BCUT2D eigenvalue weighted by Gasteiger charge is -2.09. The molecule has 0 spiro atoms. The average Bonchev–Trinajstić information content (AvgIpc) is 3.20. The highest BCUT2D eigenvalue weighted by molar-refractivity contribution is 7.89. The molecule has 0 unspecified atom stereocenters. The molecule has 2 aromatic carbocycles. The molecule has 3 aromatic rings. The maximum atomic E-state index is 13.7. The zero-order valence-electron chi connectivity index (χ0n) is 15.5. The molecule has 9 heteroatoms. The number of methoxy groups -OCH3 is 1. The SMILES string of the molecule is COc1ccc(CC(=O)Nc2cccc(S(=O)(=O)NCc3ccco3)c2)cc1F. The van der Waals surface area contributed by atoms with Crippen LogP contribution < -0.4 is 14.8 Å². The smallest absolute Gasteiger partial charge is 0.241 e. The molecule has 0 radical (unpaired) electrons. The van der Waals surface area contributed by atoms with E-state index < -0.39 is 21.7 Å². The number of nitrogens with one attached hydrogen (secondary N) is 2. The molecule has 0 aliphatic carbocycles. The van der Waals surface area contributed by atoms with Crippen molar-refractivity contribution in [3.63, 3.8) is 0 Å². The normalized spacial score (nSPS) is 11.2. The van der Waals surface area contributed by atoms with Gasteiger partial charge < -0.3 is 14.5 Å². The minimum atomic E-state index is -3.79. The third kappa shape index (κ3) is 5.43. The number of hydrogen-bond donors (Lipinski definition) is 2. The van der Waals surface area contributed by atoms with Crippen molar-refractivity contribution in [3.8, 4) is 5.75 Å². The van der Waals surface area contributed by atoms with Crippen molar-refractivity contribution in [1.82, 2.24) is 4.72 Å². The van der Waals surface area contributed by atoms with E-state index >= 15 is 0 Å². The Bertz CT molecular complexity index is 1100. The van der Waals surface area contributed by atoms with E-state index in [9.17, 15) is 17.6 Å². The largest absolute Gasteiger partial charge is 0.494 e. The molecule has 3 rings (SSSR count). The molecule has 0 aliphatic rings. The van der Waals surface area contributed by atoms with Gasteiger partial charge in [-0.1, -0.05) is 12.1 Å². The highest BCUT2D eigenvalue weighted by Crippen LogP contribution is 2.19. The highest BCUT2D eigenvalue weighted by Gasteiger charge is 2.16. The van der Waals surface area contributed by atoms with Crippen LogP contribution >= 0.6 is 0 Å². The summed E-state index contributed by atoms with van der Waals surface area (Å²) in [6.07, 6.45) is 1.38. The lowest BCUT2D eigenvalue weighted by Crippen LogP contribution is -2.23. The zero-order valence-corrected chi connectivity index (χ0v) is 16.3. The summed E-state index contributed by atoms with van der Waals surface area (Å²) in [6, 6.07) is 13.4. The van der Waals surface area contributed by atoms with E-state index in [1.807, 2.05) is 0 Å². The average molecular weight is 418 g/mol. The first-order valence-electron chi connectivity index (χ1n) is 8.62. The Morgan fingerprint density at radius 1 is 1.14 bits per heavy atom. The molecule has 0 saturated heterocycles. The number of halogens is 1. The Morgan fingerprint density at radius 2 is 1.97 bits per heavy atom. The van der Waals surface area contributed by atoms with Gasteiger partial charge in [-0.15, -0.1) is 0 Å². The van der Waals surface area contributed by atoms with Crippen molar-refractivity contribution < 1.29 is 26.8 Å². The van der Waals surface area contributed by atoms with Gasteiger partial charge >= 0.3 is 0 Å². The molecule has 1 aromatic heterocycles. The number of sulfonamides is 1. The molecule has 0 fully saturated rings. The van der Waals surface area contributed by atoms with Crippen LogP contribution in [0.5, 0.6) is 5.75 Å². The van der Waals surface area contributed by atoms with Crippen molar-refractivity contribution in [2.75, 3.05) is 12.4 Å². The molecule has 2 N–H and O–H groups in total. The van der Waals surface area contributed by atoms with Crippen LogP contribution in [0.4, 0.5) is 10.1 Å². The molecule has 29 heavy (non-hydrogen) atoms. The molecule has 152 valence electrons. The van der Waals surface area contributed by atoms with Gasteiger partial charge in [0.15, 0.2) is 11.6 Å². The van der Waals surface area contributed by atoms with E-state index in [0.29, 0.717) is 17.0 Å². The molecule has 0 saturated carbocycles. The Balaban J connectivity index is 1.65. The Labute approximate surface area is 167 Å². The first-order chi connectivity index (χ1) is 13.9. The monoisotopic (exact) mass is 418 g/mol. The number of benzene rings is 2. The first-order valence-corrected chi connectivity index (χ1v) is 10.1. The van der Waals surface area contributed by atoms with Gasteiger partial charge in [0.05, 0.1) is 31.2 Å². The molecule has 0 bridgehead atoms. The molecule has 0 atom stereocenters. The predicted octanol–water partition coefficient (Wildman–Crippen LogP) is 3.09. The van der Waals surface area contributed by atoms with Gasteiger partial charge in [0, 0.05) is 5.69 Å². The minimum absolute atomic E-state index is 0.00246. The second-order valence-corrected chi connectivity index (χ2v) is 7.89. The van der Waals surface area contributed by atoms with Crippen molar-refractivity contribution in [3.05, 3.63) is 78.0 Å². The topological polar surface area (TPSA) is 97.6 Å². The van der Waals surface area contributed by atoms with Crippen LogP contribution in [-0.4, -0.2) is 21.4 Å². The number of anilines is 1. The molecular formula is C20H19FN2O5S. The maximum absolute atomic E-state index is 13.7. The van der Waals surface area contributed by atoms with Gasteiger partial charge in [0.25, 0.3) is 0 Å². The van der Waals surface area contributed by atoms with E-state index in [-0.39, 0.29) is 23.6 Å². The fourth-order valence-corrected chi connectivity index (χ4v) is 3.65. The van der Waals surface area contributed by atoms with Crippen LogP contribution in [0.3, 0.4) is 0 Å². The molecular weight excluding hydrogens is 399 g/mol. The highest BCUT2D eigenvalue weighted by atomic mass is 32.2. The van der Waals surface area contributed by atoms with Crippen LogP contribution in [0.1, 0.15) is 11.3 Å². The second-order valence-electron chi connectivity index (χ2n) is 6.13. The number of ether oxygens (including phenoxy) is 1. The second kappa shape index (κ2) is 8.89. The maximum Gasteiger partial charge on any atom is 0.241 e. The van der Waals surface area contributed by atoms with Crippen molar-refractivity contribution >= 4 is 21.6 Å². The summed E-state index contributed by atoms with van der Waals surface area (Å²) in [5, 5.41) is 2.62. The van der Waals surface area contributed by atoms with Crippen LogP contribution in [0.25, 0.3) is 0 Å². The van der Waals surface area contributed by atoms with Crippen molar-refractivity contribution in [2.45, 2.75) is 17.9 Å². The lowest BCUT2D eigenvalue weighted by molar-refractivity contribution is -0.115. The summed E-state index contributed by atoms with van der Waals surface area (Å²) in [5.41, 5.74) is 0.773. The van der Waals surface area contributed by atoms with Gasteiger partial charge in [0.1, 0.15) is 5.76 Å². The standard InChI is InChI=1S/C20H19FN2O5S/c1-27-19-8-7-14(10-18(19)21)11-20(24)23-15-4-2-6-17(12-15)29(25,26)22-13-16-5-3-9-28-16/h2-10,12,22H,11,13H2,1H3,(H,23,24). The van der Waals surface area contributed by atoms with Crippen molar-refractivity contribution in [2.24, 2.45) is 0 Å². The van der Waals surface area contributed by atoms with Gasteiger partial charge in [-0.05, 0) is 48.0 Å². The summed E-state index contributed by atoms with van der Waals surface area (Å²) in [4.78, 5) is 12.2. The van der Waals surface area contributed by atoms with Crippen LogP contribution in [0.15, 0.2) is 70.2 Å². The fraction of sp³-hybridized carbons (Fsp3) is 0.150. The summed E-state index contributed by atoms with van der Waals surface area (Å²) < 4.78 is 51.0. The number of hydrogen-bond acceptors (Lipinski definition) is 5. The van der Waals surface area contributed by atoms with Gasteiger partial charge in [0.2, 0.25) is 15.9 Å². The van der Waals surface area contributed by atoms with Crippen LogP contribution in [-0.2, 0) is 27.8 Å². The number of furan rings is 1. The predicted molar refractivity (Wildman–Crippen MR) is 104 cm³/mol. The summed E-state index contributed by atoms with van der Waals surface area (Å²) in [7, 11) is -2.44. The van der Waals surface area contributed by atoms with Gasteiger partial charge in [-0.2, -0.15) is 0 Å². The number of carbonyl (C=O) groups excluding carboxylic acids is 1. The summed E-state index contributed by atoms with van der Waals surface area (Å²) in [5.74, 6) is -0.403. The molecule has 1 amide bonds. The molecule has 0 aliphatic heterocycles. The van der Waals surface area contributed by atoms with Crippen LogP contribution in [0.2, 0.25) is 0 Å². The fourth-order valence-electron chi connectivity index (χ4n) is 2.61. The van der Waals surface area contributed by atoms with E-state index in [1.165, 1.54) is 43.7 Å². The number of carbonyl (C=O) groups is 1. The Kier molecular flexibility index (Phi) is 6.30. The van der Waals surface area contributed by atoms with Crippen molar-refractivity contribution in [1.29, 1.82) is 0 Å². The Morgan fingerprint density at radius 3 is 2.66 bits per heavy atom. The summed E-state index contributed by atoms with van der Waals surface area (Å²) in [6.45, 7) is 0.00888. The molecule has 7 nitrogen and oxygen atoms in total.